The summed E-state index contributed by atoms with van der Waals surface area (Å²) in [7, 11) is 1.65. The molecule has 0 saturated carbocycles. The van der Waals surface area contributed by atoms with Crippen molar-refractivity contribution in [3.05, 3.63) is 29.8 Å². The molecule has 4 nitrogen and oxygen atoms in total. The first kappa shape index (κ1) is 15.5. The SMILES string of the molecule is CCN(CCc1ccc(OC)cc1)C(C)CC(=O)O. The van der Waals surface area contributed by atoms with Crippen LogP contribution >= 0.6 is 0 Å². The lowest BCUT2D eigenvalue weighted by Crippen LogP contribution is -2.36. The zero-order valence-corrected chi connectivity index (χ0v) is 11.9. The second kappa shape index (κ2) is 7.79. The first-order chi connectivity index (χ1) is 9.06. The van der Waals surface area contributed by atoms with Crippen LogP contribution in [0.2, 0.25) is 0 Å². The molecule has 0 spiro atoms. The minimum atomic E-state index is -0.740. The first-order valence-electron chi connectivity index (χ1n) is 6.65. The van der Waals surface area contributed by atoms with Gasteiger partial charge in [-0.2, -0.15) is 0 Å². The van der Waals surface area contributed by atoms with Gasteiger partial charge in [0.1, 0.15) is 5.75 Å². The van der Waals surface area contributed by atoms with Gasteiger partial charge in [-0.1, -0.05) is 19.1 Å². The molecule has 0 aliphatic heterocycles. The van der Waals surface area contributed by atoms with Crippen molar-refractivity contribution >= 4 is 5.97 Å². The summed E-state index contributed by atoms with van der Waals surface area (Å²) in [5, 5.41) is 8.83. The highest BCUT2D eigenvalue weighted by molar-refractivity contribution is 5.67. The van der Waals surface area contributed by atoms with E-state index in [0.717, 1.165) is 25.3 Å². The van der Waals surface area contributed by atoms with Gasteiger partial charge in [0, 0.05) is 12.6 Å². The molecular formula is C15H23NO3. The monoisotopic (exact) mass is 265 g/mol. The van der Waals surface area contributed by atoms with Crippen molar-refractivity contribution in [2.45, 2.75) is 32.7 Å². The van der Waals surface area contributed by atoms with Crippen LogP contribution in [0.15, 0.2) is 24.3 Å². The molecular weight excluding hydrogens is 242 g/mol. The predicted molar refractivity (Wildman–Crippen MR) is 75.7 cm³/mol. The van der Waals surface area contributed by atoms with Gasteiger partial charge in [-0.3, -0.25) is 4.79 Å². The second-order valence-electron chi connectivity index (χ2n) is 4.67. The molecule has 1 aromatic rings. The van der Waals surface area contributed by atoms with E-state index in [1.165, 1.54) is 5.56 Å². The van der Waals surface area contributed by atoms with Crippen LogP contribution in [0, 0.1) is 0 Å². The van der Waals surface area contributed by atoms with Crippen molar-refractivity contribution in [3.8, 4) is 5.75 Å². The summed E-state index contributed by atoms with van der Waals surface area (Å²) in [5.74, 6) is 0.116. The van der Waals surface area contributed by atoms with E-state index in [4.69, 9.17) is 9.84 Å². The number of methoxy groups -OCH3 is 1. The second-order valence-corrected chi connectivity index (χ2v) is 4.67. The summed E-state index contributed by atoms with van der Waals surface area (Å²) in [6.45, 7) is 5.76. The van der Waals surface area contributed by atoms with Gasteiger partial charge >= 0.3 is 5.97 Å². The van der Waals surface area contributed by atoms with Gasteiger partial charge < -0.3 is 14.7 Å². The average molecular weight is 265 g/mol. The van der Waals surface area contributed by atoms with Crippen molar-refractivity contribution < 1.29 is 14.6 Å². The van der Waals surface area contributed by atoms with Gasteiger partial charge in [-0.05, 0) is 37.6 Å². The number of carbonyl (C=O) groups is 1. The Kier molecular flexibility index (Phi) is 6.36. The molecule has 1 rings (SSSR count). The van der Waals surface area contributed by atoms with Crippen molar-refractivity contribution in [1.29, 1.82) is 0 Å². The van der Waals surface area contributed by atoms with Crippen LogP contribution in [0.25, 0.3) is 0 Å². The fraction of sp³-hybridized carbons (Fsp3) is 0.533. The first-order valence-corrected chi connectivity index (χ1v) is 6.65. The fourth-order valence-corrected chi connectivity index (χ4v) is 2.14. The minimum absolute atomic E-state index is 0.0701. The summed E-state index contributed by atoms with van der Waals surface area (Å²) in [6.07, 6.45) is 1.11. The van der Waals surface area contributed by atoms with Crippen LogP contribution in [-0.2, 0) is 11.2 Å². The van der Waals surface area contributed by atoms with Crippen LogP contribution < -0.4 is 4.74 Å². The third-order valence-electron chi connectivity index (χ3n) is 3.35. The van der Waals surface area contributed by atoms with Crippen molar-refractivity contribution in [3.63, 3.8) is 0 Å². The third-order valence-corrected chi connectivity index (χ3v) is 3.35. The Labute approximate surface area is 115 Å². The largest absolute Gasteiger partial charge is 0.497 e. The molecule has 0 amide bonds. The van der Waals surface area contributed by atoms with Gasteiger partial charge in [-0.15, -0.1) is 0 Å². The Morgan fingerprint density at radius 3 is 2.47 bits per heavy atom. The minimum Gasteiger partial charge on any atom is -0.497 e. The highest BCUT2D eigenvalue weighted by Gasteiger charge is 2.14. The summed E-state index contributed by atoms with van der Waals surface area (Å²) >= 11 is 0. The maximum absolute atomic E-state index is 10.7. The van der Waals surface area contributed by atoms with E-state index >= 15 is 0 Å². The molecule has 106 valence electrons. The summed E-state index contributed by atoms with van der Waals surface area (Å²) < 4.78 is 5.12. The standard InChI is InChI=1S/C15H23NO3/c1-4-16(12(2)11-15(17)18)10-9-13-5-7-14(19-3)8-6-13/h5-8,12H,4,9-11H2,1-3H3,(H,17,18). The molecule has 1 atom stereocenters. The van der Waals surface area contributed by atoms with E-state index in [1.54, 1.807) is 7.11 Å². The molecule has 0 aromatic heterocycles. The Morgan fingerprint density at radius 2 is 2.00 bits per heavy atom. The highest BCUT2D eigenvalue weighted by Crippen LogP contribution is 2.13. The number of rotatable bonds is 8. The molecule has 1 N–H and O–H groups in total. The quantitative estimate of drug-likeness (QED) is 0.784. The number of carboxylic acid groups (broad SMARTS) is 1. The molecule has 19 heavy (non-hydrogen) atoms. The fourth-order valence-electron chi connectivity index (χ4n) is 2.14. The van der Waals surface area contributed by atoms with Crippen LogP contribution in [0.5, 0.6) is 5.75 Å². The topological polar surface area (TPSA) is 49.8 Å². The van der Waals surface area contributed by atoms with E-state index in [2.05, 4.69) is 24.0 Å². The molecule has 0 heterocycles. The van der Waals surface area contributed by atoms with E-state index in [0.29, 0.717) is 0 Å². The van der Waals surface area contributed by atoms with E-state index in [-0.39, 0.29) is 12.5 Å². The van der Waals surface area contributed by atoms with Crippen LogP contribution in [0.3, 0.4) is 0 Å². The molecule has 1 aromatic carbocycles. The van der Waals surface area contributed by atoms with Crippen LogP contribution in [-0.4, -0.2) is 42.2 Å². The summed E-state index contributed by atoms with van der Waals surface area (Å²) in [4.78, 5) is 12.9. The maximum atomic E-state index is 10.7. The summed E-state index contributed by atoms with van der Waals surface area (Å²) in [6, 6.07) is 8.07. The smallest absolute Gasteiger partial charge is 0.304 e. The van der Waals surface area contributed by atoms with Crippen LogP contribution in [0.1, 0.15) is 25.8 Å². The van der Waals surface area contributed by atoms with Gasteiger partial charge in [0.15, 0.2) is 0 Å². The number of benzene rings is 1. The lowest BCUT2D eigenvalue weighted by atomic mass is 10.1. The Bertz CT molecular complexity index is 389. The zero-order chi connectivity index (χ0) is 14.3. The number of likely N-dealkylation sites (N-methyl/N-ethyl adjacent to an activating group) is 1. The predicted octanol–water partition coefficient (Wildman–Crippen LogP) is 2.42. The number of hydrogen-bond donors (Lipinski definition) is 1. The number of aliphatic carboxylic acids is 1. The molecule has 0 radical (unpaired) electrons. The van der Waals surface area contributed by atoms with E-state index in [1.807, 2.05) is 19.1 Å². The molecule has 1 unspecified atom stereocenters. The Hall–Kier alpha value is -1.55. The van der Waals surface area contributed by atoms with Crippen molar-refractivity contribution in [1.82, 2.24) is 4.90 Å². The van der Waals surface area contributed by atoms with Crippen molar-refractivity contribution in [2.24, 2.45) is 0 Å². The number of hydrogen-bond acceptors (Lipinski definition) is 3. The van der Waals surface area contributed by atoms with Gasteiger partial charge in [0.05, 0.1) is 13.5 Å². The molecule has 0 saturated heterocycles. The summed E-state index contributed by atoms with van der Waals surface area (Å²) in [5.41, 5.74) is 1.24. The Morgan fingerprint density at radius 1 is 1.37 bits per heavy atom. The number of carboxylic acids is 1. The lowest BCUT2D eigenvalue weighted by Gasteiger charge is -2.26. The van der Waals surface area contributed by atoms with Crippen LogP contribution in [0.4, 0.5) is 0 Å². The lowest BCUT2D eigenvalue weighted by molar-refractivity contribution is -0.138. The average Bonchev–Trinajstić information content (AvgIpc) is 2.39. The molecule has 0 aliphatic rings. The molecule has 0 fully saturated rings. The molecule has 4 heteroatoms. The highest BCUT2D eigenvalue weighted by atomic mass is 16.5. The van der Waals surface area contributed by atoms with E-state index < -0.39 is 5.97 Å². The normalized spacial score (nSPS) is 12.4. The number of nitrogens with zero attached hydrogens (tertiary/aromatic N) is 1. The van der Waals surface area contributed by atoms with E-state index in [9.17, 15) is 4.79 Å². The molecule has 0 bridgehead atoms. The van der Waals surface area contributed by atoms with Crippen molar-refractivity contribution in [2.75, 3.05) is 20.2 Å². The Balaban J connectivity index is 2.49. The zero-order valence-electron chi connectivity index (χ0n) is 11.9. The van der Waals surface area contributed by atoms with Gasteiger partial charge in [0.25, 0.3) is 0 Å². The van der Waals surface area contributed by atoms with Gasteiger partial charge in [0.2, 0.25) is 0 Å². The molecule has 0 aliphatic carbocycles. The third kappa shape index (κ3) is 5.30. The maximum Gasteiger partial charge on any atom is 0.304 e. The van der Waals surface area contributed by atoms with Gasteiger partial charge in [-0.25, -0.2) is 0 Å². The number of ether oxygens (including phenoxy) is 1.